The molecular weight excluding hydrogens is 224 g/mol. The number of hydrogen-bond donors (Lipinski definition) is 1. The number of hydrogen-bond acceptors (Lipinski definition) is 6. The van der Waals surface area contributed by atoms with Crippen LogP contribution in [-0.4, -0.2) is 16.2 Å². The summed E-state index contributed by atoms with van der Waals surface area (Å²) < 4.78 is 5.28. The first-order chi connectivity index (χ1) is 7.83. The van der Waals surface area contributed by atoms with E-state index in [9.17, 15) is 0 Å². The van der Waals surface area contributed by atoms with Crippen molar-refractivity contribution >= 4 is 23.4 Å². The van der Waals surface area contributed by atoms with Crippen LogP contribution in [-0.2, 0) is 6.54 Å². The maximum Gasteiger partial charge on any atom is 0.320 e. The predicted molar refractivity (Wildman–Crippen MR) is 62.2 cm³/mol. The second kappa shape index (κ2) is 3.79. The van der Waals surface area contributed by atoms with E-state index in [1.54, 1.807) is 11.3 Å². The molecule has 0 unspecified atom stereocenters. The topological polar surface area (TPSA) is 68.2 Å². The molecule has 84 valence electrons. The fourth-order valence-corrected chi connectivity index (χ4v) is 2.32. The molecule has 0 aliphatic heterocycles. The summed E-state index contributed by atoms with van der Waals surface area (Å²) in [6.45, 7) is 0.815. The molecule has 16 heavy (non-hydrogen) atoms. The highest BCUT2D eigenvalue weighted by Gasteiger charge is 2.32. The SMILES string of the molecule is Nc1nnc(N(Cc2ccsc2)C2CC2)o1. The van der Waals surface area contributed by atoms with E-state index in [4.69, 9.17) is 10.2 Å². The second-order valence-corrected chi connectivity index (χ2v) is 4.69. The summed E-state index contributed by atoms with van der Waals surface area (Å²) in [5.41, 5.74) is 6.72. The molecule has 2 aromatic heterocycles. The summed E-state index contributed by atoms with van der Waals surface area (Å²) in [5, 5.41) is 11.9. The van der Waals surface area contributed by atoms with E-state index in [0.29, 0.717) is 12.1 Å². The summed E-state index contributed by atoms with van der Waals surface area (Å²) in [5.74, 6) is 0. The van der Waals surface area contributed by atoms with Crippen molar-refractivity contribution in [2.45, 2.75) is 25.4 Å². The molecule has 0 spiro atoms. The molecule has 5 nitrogen and oxygen atoms in total. The van der Waals surface area contributed by atoms with Crippen molar-refractivity contribution in [1.82, 2.24) is 10.2 Å². The standard InChI is InChI=1S/C10H12N4OS/c11-9-12-13-10(15-9)14(8-1-2-8)5-7-3-4-16-6-7/h3-4,6,8H,1-2,5H2,(H2,11,12). The van der Waals surface area contributed by atoms with E-state index >= 15 is 0 Å². The van der Waals surface area contributed by atoms with Crippen molar-refractivity contribution in [1.29, 1.82) is 0 Å². The molecule has 1 saturated carbocycles. The summed E-state index contributed by atoms with van der Waals surface area (Å²) in [6.07, 6.45) is 2.37. The molecule has 0 radical (unpaired) electrons. The van der Waals surface area contributed by atoms with Crippen LogP contribution >= 0.6 is 11.3 Å². The highest BCUT2D eigenvalue weighted by molar-refractivity contribution is 7.07. The van der Waals surface area contributed by atoms with Crippen LogP contribution in [0.3, 0.4) is 0 Å². The molecule has 0 saturated heterocycles. The quantitative estimate of drug-likeness (QED) is 0.877. The summed E-state index contributed by atoms with van der Waals surface area (Å²) >= 11 is 1.70. The van der Waals surface area contributed by atoms with Crippen LogP contribution in [0.4, 0.5) is 12.0 Å². The first kappa shape index (κ1) is 9.65. The fraction of sp³-hybridized carbons (Fsp3) is 0.400. The monoisotopic (exact) mass is 236 g/mol. The Morgan fingerprint density at radius 2 is 2.38 bits per heavy atom. The highest BCUT2D eigenvalue weighted by Crippen LogP contribution is 2.32. The van der Waals surface area contributed by atoms with Crippen molar-refractivity contribution in [3.05, 3.63) is 22.4 Å². The lowest BCUT2D eigenvalue weighted by Crippen LogP contribution is -2.25. The fourth-order valence-electron chi connectivity index (χ4n) is 1.66. The Hall–Kier alpha value is -1.56. The van der Waals surface area contributed by atoms with Gasteiger partial charge in [0, 0.05) is 12.6 Å². The lowest BCUT2D eigenvalue weighted by atomic mass is 10.3. The van der Waals surface area contributed by atoms with Gasteiger partial charge in [0.15, 0.2) is 0 Å². The maximum atomic E-state index is 5.45. The van der Waals surface area contributed by atoms with E-state index in [1.807, 2.05) is 0 Å². The minimum Gasteiger partial charge on any atom is -0.390 e. The molecule has 6 heteroatoms. The van der Waals surface area contributed by atoms with Crippen LogP contribution in [0.15, 0.2) is 21.2 Å². The number of thiophene rings is 1. The van der Waals surface area contributed by atoms with Crippen molar-refractivity contribution in [3.63, 3.8) is 0 Å². The van der Waals surface area contributed by atoms with E-state index < -0.39 is 0 Å². The van der Waals surface area contributed by atoms with Gasteiger partial charge in [0.1, 0.15) is 0 Å². The van der Waals surface area contributed by atoms with Crippen molar-refractivity contribution in [3.8, 4) is 0 Å². The third kappa shape index (κ3) is 1.88. The van der Waals surface area contributed by atoms with Gasteiger partial charge in [0.2, 0.25) is 0 Å². The van der Waals surface area contributed by atoms with Gasteiger partial charge in [-0.3, -0.25) is 0 Å². The second-order valence-electron chi connectivity index (χ2n) is 3.91. The van der Waals surface area contributed by atoms with Gasteiger partial charge in [-0.25, -0.2) is 0 Å². The number of nitrogen functional groups attached to an aromatic ring is 1. The lowest BCUT2D eigenvalue weighted by Gasteiger charge is -2.18. The number of rotatable bonds is 4. The van der Waals surface area contributed by atoms with E-state index in [-0.39, 0.29) is 6.01 Å². The van der Waals surface area contributed by atoms with Gasteiger partial charge in [-0.05, 0) is 35.2 Å². The van der Waals surface area contributed by atoms with Crippen LogP contribution in [0.2, 0.25) is 0 Å². The molecule has 0 bridgehead atoms. The Morgan fingerprint density at radius 1 is 1.50 bits per heavy atom. The zero-order chi connectivity index (χ0) is 11.0. The molecule has 1 aliphatic rings. The van der Waals surface area contributed by atoms with Crippen LogP contribution in [0, 0.1) is 0 Å². The average molecular weight is 236 g/mol. The zero-order valence-electron chi connectivity index (χ0n) is 8.67. The lowest BCUT2D eigenvalue weighted by molar-refractivity contribution is 0.542. The van der Waals surface area contributed by atoms with Crippen LogP contribution in [0.25, 0.3) is 0 Å². The smallest absolute Gasteiger partial charge is 0.320 e. The summed E-state index contributed by atoms with van der Waals surface area (Å²) in [7, 11) is 0. The van der Waals surface area contributed by atoms with Crippen molar-refractivity contribution < 1.29 is 4.42 Å². The van der Waals surface area contributed by atoms with E-state index in [1.165, 1.54) is 18.4 Å². The van der Waals surface area contributed by atoms with E-state index in [0.717, 1.165) is 6.54 Å². The van der Waals surface area contributed by atoms with Gasteiger partial charge in [0.25, 0.3) is 0 Å². The molecule has 2 heterocycles. The van der Waals surface area contributed by atoms with Crippen molar-refractivity contribution in [2.75, 3.05) is 10.6 Å². The molecular formula is C10H12N4OS. The first-order valence-electron chi connectivity index (χ1n) is 5.19. The van der Waals surface area contributed by atoms with Crippen LogP contribution in [0.1, 0.15) is 18.4 Å². The van der Waals surface area contributed by atoms with Crippen LogP contribution in [0.5, 0.6) is 0 Å². The molecule has 0 amide bonds. The normalized spacial score (nSPS) is 15.2. The van der Waals surface area contributed by atoms with Gasteiger partial charge in [0.05, 0.1) is 0 Å². The number of aromatic nitrogens is 2. The zero-order valence-corrected chi connectivity index (χ0v) is 9.48. The number of anilines is 2. The average Bonchev–Trinajstić information content (AvgIpc) is 2.81. The van der Waals surface area contributed by atoms with Crippen LogP contribution < -0.4 is 10.6 Å². The molecule has 2 N–H and O–H groups in total. The van der Waals surface area contributed by atoms with Gasteiger partial charge < -0.3 is 15.1 Å². The minimum atomic E-state index is 0.131. The third-order valence-electron chi connectivity index (χ3n) is 2.60. The Bertz CT molecular complexity index is 463. The van der Waals surface area contributed by atoms with E-state index in [2.05, 4.69) is 31.9 Å². The van der Waals surface area contributed by atoms with Gasteiger partial charge in [-0.2, -0.15) is 11.3 Å². The van der Waals surface area contributed by atoms with Gasteiger partial charge in [-0.15, -0.1) is 0 Å². The molecule has 2 aromatic rings. The first-order valence-corrected chi connectivity index (χ1v) is 6.14. The third-order valence-corrected chi connectivity index (χ3v) is 3.33. The molecule has 1 fully saturated rings. The largest absolute Gasteiger partial charge is 0.390 e. The maximum absolute atomic E-state index is 5.45. The highest BCUT2D eigenvalue weighted by atomic mass is 32.1. The van der Waals surface area contributed by atoms with Crippen molar-refractivity contribution in [2.24, 2.45) is 0 Å². The minimum absolute atomic E-state index is 0.131. The number of nitrogens with two attached hydrogens (primary N) is 1. The Kier molecular flexibility index (Phi) is 2.28. The molecule has 0 atom stereocenters. The number of nitrogens with zero attached hydrogens (tertiary/aromatic N) is 3. The molecule has 3 rings (SSSR count). The predicted octanol–water partition coefficient (Wildman–Crippen LogP) is 1.88. The van der Waals surface area contributed by atoms with Gasteiger partial charge >= 0.3 is 12.0 Å². The molecule has 1 aliphatic carbocycles. The molecule has 0 aromatic carbocycles. The summed E-state index contributed by atoms with van der Waals surface area (Å²) in [6, 6.07) is 3.30. The Balaban J connectivity index is 1.81. The summed E-state index contributed by atoms with van der Waals surface area (Å²) in [4.78, 5) is 2.13. The van der Waals surface area contributed by atoms with Gasteiger partial charge in [-0.1, -0.05) is 10.2 Å². The Morgan fingerprint density at radius 3 is 2.94 bits per heavy atom. The Labute approximate surface area is 96.9 Å².